The second kappa shape index (κ2) is 10.1. The van der Waals surface area contributed by atoms with Gasteiger partial charge in [-0.2, -0.15) is 0 Å². The Labute approximate surface area is 189 Å². The van der Waals surface area contributed by atoms with Crippen LogP contribution >= 0.6 is 58.0 Å². The number of β-lactam (4-membered cyclic amide) rings is 1. The highest BCUT2D eigenvalue weighted by Gasteiger charge is 2.56. The minimum atomic E-state index is -1.81. The molecular formula is C17H21Cl5N2O4. The summed E-state index contributed by atoms with van der Waals surface area (Å²) in [7, 11) is 0. The molecule has 1 aliphatic carbocycles. The summed E-state index contributed by atoms with van der Waals surface area (Å²) in [5.41, 5.74) is -0.714. The van der Waals surface area contributed by atoms with Gasteiger partial charge in [0, 0.05) is 11.9 Å². The zero-order chi connectivity index (χ0) is 21.1. The van der Waals surface area contributed by atoms with Crippen molar-refractivity contribution in [3.05, 3.63) is 12.2 Å². The third kappa shape index (κ3) is 5.39. The summed E-state index contributed by atoms with van der Waals surface area (Å²) in [5.74, 6) is -1.43. The molecule has 0 aromatic carbocycles. The lowest BCUT2D eigenvalue weighted by Gasteiger charge is -2.52. The van der Waals surface area contributed by atoms with E-state index in [-0.39, 0.29) is 17.5 Å². The van der Waals surface area contributed by atoms with Crippen LogP contribution in [0.5, 0.6) is 0 Å². The number of halogens is 5. The number of esters is 1. The van der Waals surface area contributed by atoms with E-state index in [2.05, 4.69) is 6.58 Å². The Kier molecular flexibility index (Phi) is 8.59. The van der Waals surface area contributed by atoms with Gasteiger partial charge in [0.2, 0.25) is 10.2 Å². The number of rotatable bonds is 8. The molecule has 3 unspecified atom stereocenters. The van der Waals surface area contributed by atoms with Crippen molar-refractivity contribution < 1.29 is 19.1 Å². The van der Waals surface area contributed by atoms with Gasteiger partial charge in [-0.25, -0.2) is 4.79 Å². The molecule has 0 bridgehead atoms. The van der Waals surface area contributed by atoms with Crippen LogP contribution in [0.4, 0.5) is 0 Å². The largest absolute Gasteiger partial charge is 0.459 e. The molecule has 0 spiro atoms. The molecule has 28 heavy (non-hydrogen) atoms. The van der Waals surface area contributed by atoms with Crippen molar-refractivity contribution >= 4 is 76.3 Å². The summed E-state index contributed by atoms with van der Waals surface area (Å²) in [5, 5.41) is 0. The van der Waals surface area contributed by atoms with Gasteiger partial charge in [0.25, 0.3) is 5.91 Å². The Morgan fingerprint density at radius 3 is 2.39 bits per heavy atom. The fourth-order valence-electron chi connectivity index (χ4n) is 3.54. The highest BCUT2D eigenvalue weighted by molar-refractivity contribution is 6.67. The van der Waals surface area contributed by atoms with Crippen LogP contribution in [0.3, 0.4) is 0 Å². The van der Waals surface area contributed by atoms with E-state index in [1.165, 1.54) is 4.90 Å². The molecule has 1 saturated carbocycles. The first-order valence-electron chi connectivity index (χ1n) is 8.78. The molecule has 1 saturated heterocycles. The first-order valence-corrected chi connectivity index (χ1v) is 10.9. The molecule has 2 fully saturated rings. The molecule has 2 amide bonds. The molecule has 11 heteroatoms. The van der Waals surface area contributed by atoms with Crippen molar-refractivity contribution in [2.75, 3.05) is 12.5 Å². The molecule has 1 aliphatic heterocycles. The van der Waals surface area contributed by atoms with E-state index in [1.807, 2.05) is 0 Å². The smallest absolute Gasteiger partial charge is 0.333 e. The summed E-state index contributed by atoms with van der Waals surface area (Å²) in [6.07, 6.45) is 5.36. The Hall–Kier alpha value is -0.400. The zero-order valence-electron chi connectivity index (χ0n) is 15.0. The predicted molar refractivity (Wildman–Crippen MR) is 110 cm³/mol. The maximum atomic E-state index is 12.9. The number of nitrogens with zero attached hydrogens (tertiary/aromatic N) is 2. The predicted octanol–water partition coefficient (Wildman–Crippen LogP) is 3.63. The maximum absolute atomic E-state index is 12.9. The van der Waals surface area contributed by atoms with Crippen molar-refractivity contribution in [3.8, 4) is 0 Å². The van der Waals surface area contributed by atoms with Gasteiger partial charge in [0.1, 0.15) is 18.1 Å². The summed E-state index contributed by atoms with van der Waals surface area (Å²) in [6.45, 7) is 3.21. The molecule has 1 heterocycles. The number of likely N-dealkylation sites (tertiary alicyclic amines) is 1. The summed E-state index contributed by atoms with van der Waals surface area (Å²) in [6, 6.07) is -2.13. The second-order valence-corrected chi connectivity index (χ2v) is 10.1. The van der Waals surface area contributed by atoms with E-state index in [9.17, 15) is 14.4 Å². The minimum Gasteiger partial charge on any atom is -0.459 e. The number of ether oxygens (including phenoxy) is 1. The molecule has 2 rings (SSSR count). The van der Waals surface area contributed by atoms with Crippen LogP contribution in [-0.2, 0) is 19.1 Å². The van der Waals surface area contributed by atoms with Gasteiger partial charge in [-0.05, 0) is 18.4 Å². The summed E-state index contributed by atoms with van der Waals surface area (Å²) >= 11 is 29.1. The lowest BCUT2D eigenvalue weighted by Crippen LogP contribution is -2.73. The van der Waals surface area contributed by atoms with Crippen molar-refractivity contribution in [2.24, 2.45) is 0 Å². The monoisotopic (exact) mass is 492 g/mol. The topological polar surface area (TPSA) is 66.9 Å². The molecule has 3 atom stereocenters. The zero-order valence-corrected chi connectivity index (χ0v) is 18.7. The van der Waals surface area contributed by atoms with Gasteiger partial charge in [0.05, 0.1) is 0 Å². The van der Waals surface area contributed by atoms with Crippen molar-refractivity contribution in [2.45, 2.75) is 59.5 Å². The van der Waals surface area contributed by atoms with E-state index in [0.717, 1.165) is 37.0 Å². The standard InChI is InChI=1S/C17H21Cl5N2O4/c1-10(7-18)12(16(27)28-8-17(20,21)22)24-14(19)13(15(24)26)23(9-25)11-5-3-2-4-6-11/h9,11-14H,1-8H2. The van der Waals surface area contributed by atoms with Gasteiger partial charge < -0.3 is 14.5 Å². The molecule has 6 nitrogen and oxygen atoms in total. The van der Waals surface area contributed by atoms with Gasteiger partial charge in [-0.15, -0.1) is 11.6 Å². The number of alkyl halides is 5. The fraction of sp³-hybridized carbons (Fsp3) is 0.706. The van der Waals surface area contributed by atoms with Gasteiger partial charge >= 0.3 is 5.97 Å². The SMILES string of the molecule is C=C(CCl)C(C(=O)OCC(Cl)(Cl)Cl)N1C(=O)C(N(C=O)C2CCCCC2)C1Cl. The first kappa shape index (κ1) is 23.9. The van der Waals surface area contributed by atoms with E-state index in [0.29, 0.717) is 6.41 Å². The quantitative estimate of drug-likeness (QED) is 0.129. The van der Waals surface area contributed by atoms with Crippen LogP contribution in [0.25, 0.3) is 0 Å². The van der Waals surface area contributed by atoms with Crippen LogP contribution in [-0.4, -0.2) is 68.0 Å². The summed E-state index contributed by atoms with van der Waals surface area (Å²) < 4.78 is 3.19. The van der Waals surface area contributed by atoms with E-state index in [4.69, 9.17) is 62.7 Å². The van der Waals surface area contributed by atoms with Crippen molar-refractivity contribution in [1.82, 2.24) is 9.80 Å². The average Bonchev–Trinajstić information content (AvgIpc) is 2.67. The van der Waals surface area contributed by atoms with E-state index < -0.39 is 39.9 Å². The van der Waals surface area contributed by atoms with Crippen molar-refractivity contribution in [1.29, 1.82) is 0 Å². The highest BCUT2D eigenvalue weighted by atomic mass is 35.6. The normalized spacial score (nSPS) is 24.3. The molecule has 0 N–H and O–H groups in total. The van der Waals surface area contributed by atoms with Crippen LogP contribution in [0.2, 0.25) is 0 Å². The van der Waals surface area contributed by atoms with E-state index in [1.54, 1.807) is 0 Å². The Bertz CT molecular complexity index is 621. The summed E-state index contributed by atoms with van der Waals surface area (Å²) in [4.78, 5) is 39.6. The van der Waals surface area contributed by atoms with Crippen LogP contribution in [0.15, 0.2) is 12.2 Å². The van der Waals surface area contributed by atoms with Crippen molar-refractivity contribution in [3.63, 3.8) is 0 Å². The minimum absolute atomic E-state index is 0.0467. The molecule has 0 radical (unpaired) electrons. The number of carbonyl (C=O) groups is 3. The lowest BCUT2D eigenvalue weighted by molar-refractivity contribution is -0.170. The van der Waals surface area contributed by atoms with Gasteiger partial charge in [-0.1, -0.05) is 72.2 Å². The lowest BCUT2D eigenvalue weighted by atomic mass is 9.91. The van der Waals surface area contributed by atoms with Gasteiger partial charge in [-0.3, -0.25) is 9.59 Å². The Morgan fingerprint density at radius 1 is 1.32 bits per heavy atom. The van der Waals surface area contributed by atoms with Gasteiger partial charge in [0.15, 0.2) is 6.04 Å². The number of hydrogen-bond acceptors (Lipinski definition) is 4. The van der Waals surface area contributed by atoms with Crippen LogP contribution < -0.4 is 0 Å². The highest BCUT2D eigenvalue weighted by Crippen LogP contribution is 2.36. The molecule has 0 aromatic heterocycles. The molecular weight excluding hydrogens is 473 g/mol. The second-order valence-electron chi connectivity index (χ2n) is 6.82. The fourth-order valence-corrected chi connectivity index (χ4v) is 4.30. The Morgan fingerprint density at radius 2 is 1.93 bits per heavy atom. The first-order chi connectivity index (χ1) is 13.1. The average molecular weight is 495 g/mol. The van der Waals surface area contributed by atoms with E-state index >= 15 is 0 Å². The third-order valence-electron chi connectivity index (χ3n) is 4.91. The van der Waals surface area contributed by atoms with Crippen LogP contribution in [0.1, 0.15) is 32.1 Å². The molecule has 2 aliphatic rings. The number of hydrogen-bond donors (Lipinski definition) is 0. The maximum Gasteiger partial charge on any atom is 0.333 e. The molecule has 158 valence electrons. The third-order valence-corrected chi connectivity index (χ3v) is 6.03. The molecule has 0 aromatic rings. The Balaban J connectivity index is 2.15. The number of amides is 2. The number of carbonyl (C=O) groups excluding carboxylic acids is 3. The van der Waals surface area contributed by atoms with Crippen LogP contribution in [0, 0.1) is 0 Å².